The average molecular weight is 397 g/mol. The third-order valence-corrected chi connectivity index (χ3v) is 4.85. The largest absolute Gasteiger partial charge is 0.379 e. The number of nitrogens with one attached hydrogen (secondary N) is 1. The molecule has 0 unspecified atom stereocenters. The third-order valence-electron chi connectivity index (χ3n) is 3.59. The summed E-state index contributed by atoms with van der Waals surface area (Å²) in [6, 6.07) is 8.78. The van der Waals surface area contributed by atoms with Gasteiger partial charge in [0.05, 0.1) is 5.69 Å². The smallest absolute Gasteiger partial charge is 0.0631 e. The van der Waals surface area contributed by atoms with E-state index >= 15 is 0 Å². The van der Waals surface area contributed by atoms with E-state index in [2.05, 4.69) is 89.1 Å². The van der Waals surface area contributed by atoms with Crippen LogP contribution in [0.1, 0.15) is 27.8 Å². The minimum absolute atomic E-state index is 0.827. The van der Waals surface area contributed by atoms with Gasteiger partial charge in [-0.05, 0) is 99.5 Å². The summed E-state index contributed by atoms with van der Waals surface area (Å²) < 4.78 is 2.18. The first-order valence-corrected chi connectivity index (χ1v) is 8.23. The first-order valence-electron chi connectivity index (χ1n) is 6.64. The van der Waals surface area contributed by atoms with Gasteiger partial charge in [-0.3, -0.25) is 0 Å². The molecule has 0 aliphatic heterocycles. The van der Waals surface area contributed by atoms with Crippen molar-refractivity contribution in [3.63, 3.8) is 0 Å². The van der Waals surface area contributed by atoms with Gasteiger partial charge in [0, 0.05) is 15.5 Å². The number of hydrogen-bond donors (Lipinski definition) is 1. The normalized spacial score (nSPS) is 10.7. The van der Waals surface area contributed by atoms with Crippen LogP contribution in [0.5, 0.6) is 0 Å². The van der Waals surface area contributed by atoms with Gasteiger partial charge in [0.25, 0.3) is 0 Å². The maximum absolute atomic E-state index is 3.62. The van der Waals surface area contributed by atoms with E-state index in [0.29, 0.717) is 0 Å². The van der Waals surface area contributed by atoms with Crippen LogP contribution in [-0.2, 0) is 6.54 Å². The van der Waals surface area contributed by atoms with E-state index in [0.717, 1.165) is 21.2 Å². The molecule has 0 saturated heterocycles. The summed E-state index contributed by atoms with van der Waals surface area (Å²) in [6.07, 6.45) is 0. The van der Waals surface area contributed by atoms with Gasteiger partial charge in [-0.25, -0.2) is 0 Å². The van der Waals surface area contributed by atoms with E-state index in [-0.39, 0.29) is 0 Å². The lowest BCUT2D eigenvalue weighted by Gasteiger charge is -2.14. The van der Waals surface area contributed by atoms with Gasteiger partial charge in [-0.15, -0.1) is 0 Å². The van der Waals surface area contributed by atoms with Crippen LogP contribution in [0.25, 0.3) is 0 Å². The molecule has 0 aromatic heterocycles. The first-order chi connectivity index (χ1) is 9.38. The molecule has 2 aromatic rings. The fourth-order valence-corrected chi connectivity index (χ4v) is 3.96. The third kappa shape index (κ3) is 3.44. The van der Waals surface area contributed by atoms with Gasteiger partial charge in [0.1, 0.15) is 0 Å². The Balaban J connectivity index is 2.23. The molecule has 0 spiro atoms. The number of rotatable bonds is 3. The summed E-state index contributed by atoms with van der Waals surface area (Å²) >= 11 is 7.25. The second kappa shape index (κ2) is 6.31. The molecule has 106 valence electrons. The fraction of sp³-hybridized carbons (Fsp3) is 0.294. The molecular formula is C17H19Br2N. The fourth-order valence-electron chi connectivity index (χ4n) is 2.26. The maximum Gasteiger partial charge on any atom is 0.0631 e. The molecule has 20 heavy (non-hydrogen) atoms. The monoisotopic (exact) mass is 395 g/mol. The second-order valence-corrected chi connectivity index (χ2v) is 7.03. The highest BCUT2D eigenvalue weighted by Crippen LogP contribution is 2.32. The van der Waals surface area contributed by atoms with Crippen molar-refractivity contribution in [3.05, 3.63) is 61.0 Å². The average Bonchev–Trinajstić information content (AvgIpc) is 2.33. The van der Waals surface area contributed by atoms with Crippen molar-refractivity contribution in [3.8, 4) is 0 Å². The molecule has 0 aliphatic rings. The number of hydrogen-bond acceptors (Lipinski definition) is 1. The molecule has 0 aliphatic carbocycles. The Morgan fingerprint density at radius 2 is 1.35 bits per heavy atom. The highest BCUT2D eigenvalue weighted by Gasteiger charge is 2.07. The lowest BCUT2D eigenvalue weighted by Crippen LogP contribution is -2.04. The molecule has 0 saturated carbocycles. The Morgan fingerprint density at radius 3 is 1.95 bits per heavy atom. The van der Waals surface area contributed by atoms with Crippen LogP contribution in [0, 0.1) is 27.7 Å². The van der Waals surface area contributed by atoms with Crippen LogP contribution in [0.3, 0.4) is 0 Å². The minimum Gasteiger partial charge on any atom is -0.379 e. The Labute approximate surface area is 138 Å². The Kier molecular flexibility index (Phi) is 4.92. The van der Waals surface area contributed by atoms with Crippen molar-refractivity contribution in [1.29, 1.82) is 0 Å². The van der Waals surface area contributed by atoms with Crippen molar-refractivity contribution in [2.75, 3.05) is 5.32 Å². The van der Waals surface area contributed by atoms with E-state index in [9.17, 15) is 0 Å². The van der Waals surface area contributed by atoms with Gasteiger partial charge in [0.15, 0.2) is 0 Å². The summed E-state index contributed by atoms with van der Waals surface area (Å²) in [5.74, 6) is 0. The number of halogens is 2. The second-order valence-electron chi connectivity index (χ2n) is 5.32. The van der Waals surface area contributed by atoms with Gasteiger partial charge in [-0.1, -0.05) is 12.1 Å². The SMILES string of the molecule is Cc1cc(Br)c(NCc2cc(C)c(C)cc2C)c(Br)c1. The van der Waals surface area contributed by atoms with Crippen LogP contribution >= 0.6 is 31.9 Å². The van der Waals surface area contributed by atoms with Gasteiger partial charge < -0.3 is 5.32 Å². The zero-order valence-corrected chi connectivity index (χ0v) is 15.4. The van der Waals surface area contributed by atoms with Crippen molar-refractivity contribution >= 4 is 37.5 Å². The number of benzene rings is 2. The summed E-state index contributed by atoms with van der Waals surface area (Å²) in [6.45, 7) is 9.41. The molecule has 0 fully saturated rings. The van der Waals surface area contributed by atoms with Crippen LogP contribution in [0.15, 0.2) is 33.2 Å². The molecule has 0 amide bonds. The molecule has 1 nitrogen and oxygen atoms in total. The number of anilines is 1. The molecule has 1 N–H and O–H groups in total. The molecule has 2 rings (SSSR count). The molecule has 0 heterocycles. The zero-order chi connectivity index (χ0) is 14.9. The van der Waals surface area contributed by atoms with Crippen LogP contribution in [0.4, 0.5) is 5.69 Å². The first kappa shape index (κ1) is 15.6. The van der Waals surface area contributed by atoms with Crippen LogP contribution < -0.4 is 5.32 Å². The van der Waals surface area contributed by atoms with Crippen LogP contribution in [-0.4, -0.2) is 0 Å². The van der Waals surface area contributed by atoms with Crippen molar-refractivity contribution in [2.45, 2.75) is 34.2 Å². The highest BCUT2D eigenvalue weighted by atomic mass is 79.9. The molecule has 2 aromatic carbocycles. The van der Waals surface area contributed by atoms with Gasteiger partial charge in [-0.2, -0.15) is 0 Å². The van der Waals surface area contributed by atoms with E-state index < -0.39 is 0 Å². The summed E-state index contributed by atoms with van der Waals surface area (Å²) in [4.78, 5) is 0. The Bertz CT molecular complexity index is 625. The predicted octanol–water partition coefficient (Wildman–Crippen LogP) is 6.06. The quantitative estimate of drug-likeness (QED) is 0.664. The summed E-state index contributed by atoms with van der Waals surface area (Å²) in [7, 11) is 0. The van der Waals surface area contributed by atoms with Crippen molar-refractivity contribution < 1.29 is 0 Å². The van der Waals surface area contributed by atoms with Gasteiger partial charge >= 0.3 is 0 Å². The zero-order valence-electron chi connectivity index (χ0n) is 12.3. The lowest BCUT2D eigenvalue weighted by atomic mass is 10.0. The Hall–Kier alpha value is -0.800. The molecule has 0 bridgehead atoms. The van der Waals surface area contributed by atoms with E-state index in [1.807, 2.05) is 0 Å². The van der Waals surface area contributed by atoms with Crippen molar-refractivity contribution in [1.82, 2.24) is 0 Å². The van der Waals surface area contributed by atoms with Crippen LogP contribution in [0.2, 0.25) is 0 Å². The summed E-state index contributed by atoms with van der Waals surface area (Å²) in [5, 5.41) is 3.52. The molecule has 0 radical (unpaired) electrons. The minimum atomic E-state index is 0.827. The lowest BCUT2D eigenvalue weighted by molar-refractivity contribution is 1.09. The molecule has 3 heteroatoms. The highest BCUT2D eigenvalue weighted by molar-refractivity contribution is 9.11. The topological polar surface area (TPSA) is 12.0 Å². The molecule has 0 atom stereocenters. The predicted molar refractivity (Wildman–Crippen MR) is 94.6 cm³/mol. The van der Waals surface area contributed by atoms with Crippen molar-refractivity contribution in [2.24, 2.45) is 0 Å². The number of aryl methyl sites for hydroxylation is 4. The molecular weight excluding hydrogens is 378 g/mol. The van der Waals surface area contributed by atoms with E-state index in [4.69, 9.17) is 0 Å². The Morgan fingerprint density at radius 1 is 0.800 bits per heavy atom. The summed E-state index contributed by atoms with van der Waals surface area (Å²) in [5.41, 5.74) is 7.70. The maximum atomic E-state index is 3.62. The van der Waals surface area contributed by atoms with E-state index in [1.54, 1.807) is 0 Å². The van der Waals surface area contributed by atoms with Gasteiger partial charge in [0.2, 0.25) is 0 Å². The standard InChI is InChI=1S/C17H19Br2N/c1-10-5-15(18)17(16(19)6-10)20-9-14-8-12(3)11(2)7-13(14)4/h5-8,20H,9H2,1-4H3. The van der Waals surface area contributed by atoms with E-state index in [1.165, 1.54) is 27.8 Å².